The molecule has 2 aliphatic rings. The first-order valence-electron chi connectivity index (χ1n) is 7.86. The second kappa shape index (κ2) is 4.85. The van der Waals surface area contributed by atoms with Gasteiger partial charge in [0.1, 0.15) is 5.75 Å². The number of rotatable bonds is 2. The van der Waals surface area contributed by atoms with Crippen LogP contribution in [0.25, 0.3) is 0 Å². The molecule has 0 aliphatic heterocycles. The first kappa shape index (κ1) is 13.0. The minimum atomic E-state index is 0.390. The fraction of sp³-hybridized carbons (Fsp3) is 0.667. The van der Waals surface area contributed by atoms with Crippen molar-refractivity contribution >= 4 is 0 Å². The maximum absolute atomic E-state index is 5.46. The van der Waals surface area contributed by atoms with E-state index < -0.39 is 0 Å². The lowest BCUT2D eigenvalue weighted by Crippen LogP contribution is -2.44. The standard InChI is InChI=1S/C18H26O/c1-4-13-11-14-8-9-15(19-3)12-17(14)18(2)10-6-5-7-16(13)18/h8-9,12-13,16H,4-7,10-11H2,1-3H3/t13-,16-,18-/m0/s1. The first-order chi connectivity index (χ1) is 9.19. The van der Waals surface area contributed by atoms with Gasteiger partial charge >= 0.3 is 0 Å². The summed E-state index contributed by atoms with van der Waals surface area (Å²) in [6.07, 6.45) is 8.19. The summed E-state index contributed by atoms with van der Waals surface area (Å²) >= 11 is 0. The van der Waals surface area contributed by atoms with E-state index in [2.05, 4.69) is 32.0 Å². The second-order valence-corrected chi connectivity index (χ2v) is 6.67. The number of ether oxygens (including phenoxy) is 1. The quantitative estimate of drug-likeness (QED) is 0.745. The Labute approximate surface area is 117 Å². The minimum absolute atomic E-state index is 0.390. The van der Waals surface area contributed by atoms with Crippen molar-refractivity contribution in [3.63, 3.8) is 0 Å². The molecule has 3 rings (SSSR count). The Morgan fingerprint density at radius 1 is 1.32 bits per heavy atom. The van der Waals surface area contributed by atoms with Crippen molar-refractivity contribution in [2.75, 3.05) is 7.11 Å². The molecule has 1 aromatic rings. The van der Waals surface area contributed by atoms with Gasteiger partial charge in [-0.15, -0.1) is 0 Å². The zero-order valence-corrected chi connectivity index (χ0v) is 12.5. The molecule has 3 atom stereocenters. The largest absolute Gasteiger partial charge is 0.497 e. The molecule has 2 aliphatic carbocycles. The number of hydrogen-bond donors (Lipinski definition) is 0. The molecule has 1 fully saturated rings. The summed E-state index contributed by atoms with van der Waals surface area (Å²) < 4.78 is 5.46. The van der Waals surface area contributed by atoms with Crippen molar-refractivity contribution in [3.05, 3.63) is 29.3 Å². The molecule has 0 aromatic heterocycles. The fourth-order valence-corrected chi connectivity index (χ4v) is 4.70. The number of methoxy groups -OCH3 is 1. The van der Waals surface area contributed by atoms with Crippen molar-refractivity contribution in [2.24, 2.45) is 11.8 Å². The summed E-state index contributed by atoms with van der Waals surface area (Å²) in [4.78, 5) is 0. The summed E-state index contributed by atoms with van der Waals surface area (Å²) in [6.45, 7) is 4.88. The molecule has 19 heavy (non-hydrogen) atoms. The van der Waals surface area contributed by atoms with E-state index in [4.69, 9.17) is 4.74 Å². The van der Waals surface area contributed by atoms with Gasteiger partial charge in [0.2, 0.25) is 0 Å². The molecule has 0 saturated heterocycles. The van der Waals surface area contributed by atoms with Crippen molar-refractivity contribution < 1.29 is 4.74 Å². The van der Waals surface area contributed by atoms with E-state index in [0.717, 1.165) is 17.6 Å². The van der Waals surface area contributed by atoms with Crippen molar-refractivity contribution in [3.8, 4) is 5.75 Å². The third-order valence-electron chi connectivity index (χ3n) is 5.79. The molecule has 104 valence electrons. The van der Waals surface area contributed by atoms with E-state index in [0.29, 0.717) is 5.41 Å². The summed E-state index contributed by atoms with van der Waals surface area (Å²) in [7, 11) is 1.78. The molecule has 0 heterocycles. The number of benzene rings is 1. The Bertz CT molecular complexity index is 465. The van der Waals surface area contributed by atoms with Gasteiger partial charge in [-0.3, -0.25) is 0 Å². The third-order valence-corrected chi connectivity index (χ3v) is 5.79. The summed E-state index contributed by atoms with van der Waals surface area (Å²) in [6, 6.07) is 6.77. The van der Waals surface area contributed by atoms with Crippen LogP contribution in [-0.4, -0.2) is 7.11 Å². The molecular formula is C18H26O. The normalized spacial score (nSPS) is 33.4. The Balaban J connectivity index is 2.09. The van der Waals surface area contributed by atoms with Crippen molar-refractivity contribution in [1.82, 2.24) is 0 Å². The predicted molar refractivity (Wildman–Crippen MR) is 79.8 cm³/mol. The lowest BCUT2D eigenvalue weighted by Gasteiger charge is -2.50. The van der Waals surface area contributed by atoms with E-state index in [1.807, 2.05) is 0 Å². The number of hydrogen-bond acceptors (Lipinski definition) is 1. The highest BCUT2D eigenvalue weighted by Crippen LogP contribution is 2.53. The second-order valence-electron chi connectivity index (χ2n) is 6.67. The van der Waals surface area contributed by atoms with Crippen molar-refractivity contribution in [1.29, 1.82) is 0 Å². The average molecular weight is 258 g/mol. The molecular weight excluding hydrogens is 232 g/mol. The van der Waals surface area contributed by atoms with Gasteiger partial charge in [0.25, 0.3) is 0 Å². The van der Waals surface area contributed by atoms with Crippen LogP contribution in [0.3, 0.4) is 0 Å². The molecule has 0 radical (unpaired) electrons. The lowest BCUT2D eigenvalue weighted by atomic mass is 9.54. The molecule has 0 spiro atoms. The highest BCUT2D eigenvalue weighted by Gasteiger charge is 2.45. The third kappa shape index (κ3) is 1.98. The maximum atomic E-state index is 5.46. The predicted octanol–water partition coefficient (Wildman–Crippen LogP) is 4.73. The maximum Gasteiger partial charge on any atom is 0.119 e. The van der Waals surface area contributed by atoms with Crippen LogP contribution in [0.15, 0.2) is 18.2 Å². The minimum Gasteiger partial charge on any atom is -0.497 e. The van der Waals surface area contributed by atoms with E-state index >= 15 is 0 Å². The highest BCUT2D eigenvalue weighted by molar-refractivity contribution is 5.43. The van der Waals surface area contributed by atoms with Crippen LogP contribution in [0.1, 0.15) is 57.1 Å². The molecule has 1 aromatic carbocycles. The van der Waals surface area contributed by atoms with Gasteiger partial charge in [0.15, 0.2) is 0 Å². The van der Waals surface area contributed by atoms with Gasteiger partial charge in [-0.25, -0.2) is 0 Å². The Morgan fingerprint density at radius 3 is 2.89 bits per heavy atom. The average Bonchev–Trinajstić information content (AvgIpc) is 2.45. The van der Waals surface area contributed by atoms with Crippen LogP contribution >= 0.6 is 0 Å². The van der Waals surface area contributed by atoms with Crippen LogP contribution in [0.5, 0.6) is 5.75 Å². The highest BCUT2D eigenvalue weighted by atomic mass is 16.5. The first-order valence-corrected chi connectivity index (χ1v) is 7.86. The fourth-order valence-electron chi connectivity index (χ4n) is 4.70. The Hall–Kier alpha value is -0.980. The van der Waals surface area contributed by atoms with Gasteiger partial charge in [0.05, 0.1) is 7.11 Å². The monoisotopic (exact) mass is 258 g/mol. The Morgan fingerprint density at radius 2 is 2.16 bits per heavy atom. The van der Waals surface area contributed by atoms with Crippen LogP contribution in [0.4, 0.5) is 0 Å². The summed E-state index contributed by atoms with van der Waals surface area (Å²) in [5.41, 5.74) is 3.55. The van der Waals surface area contributed by atoms with Gasteiger partial charge in [-0.05, 0) is 59.8 Å². The molecule has 0 N–H and O–H groups in total. The van der Waals surface area contributed by atoms with E-state index in [9.17, 15) is 0 Å². The molecule has 0 unspecified atom stereocenters. The van der Waals surface area contributed by atoms with E-state index in [1.54, 1.807) is 18.2 Å². The van der Waals surface area contributed by atoms with Crippen LogP contribution in [0, 0.1) is 11.8 Å². The lowest BCUT2D eigenvalue weighted by molar-refractivity contribution is 0.114. The van der Waals surface area contributed by atoms with Gasteiger partial charge in [-0.1, -0.05) is 39.2 Å². The Kier molecular flexibility index (Phi) is 3.32. The SMILES string of the molecule is CC[C@H]1Cc2ccc(OC)cc2[C@@]2(C)CCCC[C@@H]12. The van der Waals surface area contributed by atoms with Crippen LogP contribution < -0.4 is 4.74 Å². The van der Waals surface area contributed by atoms with Crippen molar-refractivity contribution in [2.45, 2.75) is 57.8 Å². The van der Waals surface area contributed by atoms with Gasteiger partial charge in [-0.2, -0.15) is 0 Å². The smallest absolute Gasteiger partial charge is 0.119 e. The molecule has 0 amide bonds. The zero-order chi connectivity index (χ0) is 13.5. The van der Waals surface area contributed by atoms with Gasteiger partial charge < -0.3 is 4.74 Å². The van der Waals surface area contributed by atoms with Gasteiger partial charge in [0, 0.05) is 0 Å². The summed E-state index contributed by atoms with van der Waals surface area (Å²) in [5.74, 6) is 2.79. The topological polar surface area (TPSA) is 9.23 Å². The number of fused-ring (bicyclic) bond motifs is 3. The zero-order valence-electron chi connectivity index (χ0n) is 12.5. The van der Waals surface area contributed by atoms with E-state index in [-0.39, 0.29) is 0 Å². The molecule has 1 heteroatoms. The molecule has 0 bridgehead atoms. The molecule has 1 nitrogen and oxygen atoms in total. The summed E-state index contributed by atoms with van der Waals surface area (Å²) in [5, 5.41) is 0. The van der Waals surface area contributed by atoms with Crippen LogP contribution in [-0.2, 0) is 11.8 Å². The molecule has 1 saturated carbocycles. The van der Waals surface area contributed by atoms with E-state index in [1.165, 1.54) is 38.5 Å². The van der Waals surface area contributed by atoms with Crippen LogP contribution in [0.2, 0.25) is 0 Å².